The molecule has 0 saturated heterocycles. The van der Waals surface area contributed by atoms with E-state index in [-0.39, 0.29) is 33.9 Å². The van der Waals surface area contributed by atoms with Gasteiger partial charge in [0.15, 0.2) is 5.75 Å². The first kappa shape index (κ1) is 28.3. The number of hydrogen-bond donors (Lipinski definition) is 3. The Morgan fingerprint density at radius 3 is 2.41 bits per heavy atom. The molecule has 0 unspecified atom stereocenters. The zero-order valence-electron chi connectivity index (χ0n) is 20.8. The number of halogens is 2. The van der Waals surface area contributed by atoms with Gasteiger partial charge in [0.25, 0.3) is 16.0 Å². The molecule has 4 aromatic carbocycles. The van der Waals surface area contributed by atoms with E-state index in [9.17, 15) is 22.9 Å². The van der Waals surface area contributed by atoms with Crippen LogP contribution in [0.1, 0.15) is 29.8 Å². The fraction of sp³-hybridized carbons (Fsp3) is 0.148. The number of amides is 1. The van der Waals surface area contributed by atoms with Crippen molar-refractivity contribution in [3.8, 4) is 11.5 Å². The molecule has 0 saturated carbocycles. The van der Waals surface area contributed by atoms with Crippen LogP contribution in [-0.2, 0) is 16.5 Å². The van der Waals surface area contributed by atoms with Crippen LogP contribution in [0.3, 0.4) is 0 Å². The largest absolute Gasteiger partial charge is 0.505 e. The van der Waals surface area contributed by atoms with Gasteiger partial charge in [0.1, 0.15) is 16.3 Å². The number of carbonyl (C=O) groups excluding carboxylic acids is 1. The first-order chi connectivity index (χ1) is 18.5. The molecule has 0 aliphatic carbocycles. The van der Waals surface area contributed by atoms with Gasteiger partial charge < -0.3 is 15.2 Å². The third kappa shape index (κ3) is 5.99. The highest BCUT2D eigenvalue weighted by atomic mass is 35.5. The first-order valence-electron chi connectivity index (χ1n) is 11.7. The molecule has 0 radical (unpaired) electrons. The predicted octanol–water partition coefficient (Wildman–Crippen LogP) is 7.73. The van der Waals surface area contributed by atoms with Gasteiger partial charge in [0.2, 0.25) is 0 Å². The summed E-state index contributed by atoms with van der Waals surface area (Å²) in [5, 5.41) is 23.4. The van der Waals surface area contributed by atoms with Gasteiger partial charge in [-0.15, -0.1) is 5.11 Å². The van der Waals surface area contributed by atoms with Gasteiger partial charge in [0.05, 0.1) is 27.9 Å². The number of benzene rings is 4. The maximum atomic E-state index is 13.2. The van der Waals surface area contributed by atoms with Crippen LogP contribution in [0.2, 0.25) is 10.0 Å². The number of nitrogens with one attached hydrogen (secondary N) is 1. The molecule has 202 valence electrons. The van der Waals surface area contributed by atoms with E-state index in [0.717, 1.165) is 0 Å². The van der Waals surface area contributed by atoms with Crippen molar-refractivity contribution >= 4 is 67.1 Å². The number of phenolic OH excluding ortho intramolecular Hbond substituents is 1. The maximum Gasteiger partial charge on any atom is 0.296 e. The third-order valence-electron chi connectivity index (χ3n) is 5.79. The molecule has 0 spiro atoms. The number of phenols is 1. The molecule has 4 aromatic rings. The second-order valence-corrected chi connectivity index (χ2v) is 10.5. The topological polar surface area (TPSA) is 138 Å². The number of fused-ring (bicyclic) bond motifs is 1. The minimum atomic E-state index is -4.63. The molecule has 0 aromatic heterocycles. The Balaban J connectivity index is 1.79. The summed E-state index contributed by atoms with van der Waals surface area (Å²) in [6.07, 6.45) is 0.170. The van der Waals surface area contributed by atoms with E-state index in [2.05, 4.69) is 15.5 Å². The average molecular weight is 588 g/mol. The highest BCUT2D eigenvalue weighted by Gasteiger charge is 2.23. The number of hydrogen-bond acceptors (Lipinski definition) is 7. The number of ether oxygens (including phenoxy) is 1. The highest BCUT2D eigenvalue weighted by molar-refractivity contribution is 7.86. The third-order valence-corrected chi connectivity index (χ3v) is 7.49. The Kier molecular flexibility index (Phi) is 8.41. The molecule has 9 nitrogen and oxygen atoms in total. The molecule has 0 heterocycles. The lowest BCUT2D eigenvalue weighted by Crippen LogP contribution is -2.12. The summed E-state index contributed by atoms with van der Waals surface area (Å²) in [6.45, 7) is 3.93. The van der Waals surface area contributed by atoms with Crippen LogP contribution in [-0.4, -0.2) is 30.6 Å². The summed E-state index contributed by atoms with van der Waals surface area (Å²) >= 11 is 12.3. The van der Waals surface area contributed by atoms with E-state index >= 15 is 0 Å². The second-order valence-electron chi connectivity index (χ2n) is 8.28. The van der Waals surface area contributed by atoms with Crippen LogP contribution >= 0.6 is 23.2 Å². The Hall–Kier alpha value is -3.70. The molecule has 4 rings (SSSR count). The van der Waals surface area contributed by atoms with Crippen molar-refractivity contribution in [2.24, 2.45) is 10.2 Å². The number of anilines is 1. The van der Waals surface area contributed by atoms with E-state index in [1.165, 1.54) is 24.3 Å². The quantitative estimate of drug-likeness (QED) is 0.142. The van der Waals surface area contributed by atoms with Crippen LogP contribution < -0.4 is 10.1 Å². The van der Waals surface area contributed by atoms with E-state index in [4.69, 9.17) is 27.9 Å². The van der Waals surface area contributed by atoms with Crippen LogP contribution in [0, 0.1) is 0 Å². The molecular formula is C27H23Cl2N3O6S. The smallest absolute Gasteiger partial charge is 0.296 e. The minimum Gasteiger partial charge on any atom is -0.505 e. The molecule has 39 heavy (non-hydrogen) atoms. The van der Waals surface area contributed by atoms with Gasteiger partial charge in [-0.1, -0.05) is 54.4 Å². The molecule has 1 amide bonds. The summed E-state index contributed by atoms with van der Waals surface area (Å²) in [6, 6.07) is 16.0. The Bertz CT molecular complexity index is 1720. The lowest BCUT2D eigenvalue weighted by Gasteiger charge is -2.13. The van der Waals surface area contributed by atoms with Crippen molar-refractivity contribution in [1.82, 2.24) is 0 Å². The summed E-state index contributed by atoms with van der Waals surface area (Å²) in [4.78, 5) is 12.7. The second kappa shape index (κ2) is 11.6. The van der Waals surface area contributed by atoms with E-state index in [1.54, 1.807) is 43.3 Å². The molecule has 0 aliphatic heterocycles. The normalized spacial score (nSPS) is 11.7. The Morgan fingerprint density at radius 1 is 1.00 bits per heavy atom. The molecule has 0 atom stereocenters. The van der Waals surface area contributed by atoms with Crippen molar-refractivity contribution < 1.29 is 27.6 Å². The van der Waals surface area contributed by atoms with Gasteiger partial charge in [0, 0.05) is 16.6 Å². The van der Waals surface area contributed by atoms with E-state index < -0.39 is 26.7 Å². The lowest BCUT2D eigenvalue weighted by atomic mass is 10.0. The van der Waals surface area contributed by atoms with E-state index in [0.29, 0.717) is 33.8 Å². The monoisotopic (exact) mass is 587 g/mol. The fourth-order valence-electron chi connectivity index (χ4n) is 4.05. The standard InChI is InChI=1S/C27H23Cl2N3O6S/c1-3-17-22(11-10-20(28)26(17)39(35,36)37)31-32-24-18-8-6-5-7-15(18)13-19(25(24)33)27(34)30-16-9-12-23(38-4-2)21(29)14-16/h5-14,33H,3-4H2,1-2H3,(H,30,34)(H,35,36,37). The maximum absolute atomic E-state index is 13.2. The fourth-order valence-corrected chi connectivity index (χ4v) is 5.63. The minimum absolute atomic E-state index is 0.00613. The average Bonchev–Trinajstić information content (AvgIpc) is 2.89. The van der Waals surface area contributed by atoms with Crippen molar-refractivity contribution in [2.75, 3.05) is 11.9 Å². The number of nitrogens with zero attached hydrogens (tertiary/aromatic N) is 2. The summed E-state index contributed by atoms with van der Waals surface area (Å²) < 4.78 is 38.9. The van der Waals surface area contributed by atoms with Gasteiger partial charge in [-0.25, -0.2) is 0 Å². The Morgan fingerprint density at radius 2 is 1.74 bits per heavy atom. The molecular weight excluding hydrogens is 565 g/mol. The molecule has 0 aliphatic rings. The van der Waals surface area contributed by atoms with Gasteiger partial charge in [-0.2, -0.15) is 13.5 Å². The SMILES string of the molecule is CCOc1ccc(NC(=O)c2cc3ccccc3c(N=Nc3ccc(Cl)c(S(=O)(=O)O)c3CC)c2O)cc1Cl. The highest BCUT2D eigenvalue weighted by Crippen LogP contribution is 2.41. The predicted molar refractivity (Wildman–Crippen MR) is 151 cm³/mol. The summed E-state index contributed by atoms with van der Waals surface area (Å²) in [5.41, 5.74) is 0.581. The van der Waals surface area contributed by atoms with Crippen molar-refractivity contribution in [1.29, 1.82) is 0 Å². The molecule has 12 heteroatoms. The van der Waals surface area contributed by atoms with Gasteiger partial charge >= 0.3 is 0 Å². The summed E-state index contributed by atoms with van der Waals surface area (Å²) in [5.74, 6) is -0.586. The van der Waals surface area contributed by atoms with Gasteiger partial charge in [-0.3, -0.25) is 9.35 Å². The van der Waals surface area contributed by atoms with Gasteiger partial charge in [-0.05, 0) is 55.1 Å². The molecule has 3 N–H and O–H groups in total. The summed E-state index contributed by atoms with van der Waals surface area (Å²) in [7, 11) is -4.63. The van der Waals surface area contributed by atoms with Crippen LogP contribution in [0.15, 0.2) is 75.8 Å². The molecule has 0 fully saturated rings. The number of carbonyl (C=O) groups is 1. The number of rotatable bonds is 8. The Labute approximate surface area is 234 Å². The van der Waals surface area contributed by atoms with Crippen molar-refractivity contribution in [3.05, 3.63) is 81.8 Å². The van der Waals surface area contributed by atoms with Crippen molar-refractivity contribution in [3.63, 3.8) is 0 Å². The number of aromatic hydroxyl groups is 1. The van der Waals surface area contributed by atoms with Crippen molar-refractivity contribution in [2.45, 2.75) is 25.2 Å². The first-order valence-corrected chi connectivity index (χ1v) is 13.9. The van der Waals surface area contributed by atoms with Crippen LogP contribution in [0.5, 0.6) is 11.5 Å². The zero-order valence-corrected chi connectivity index (χ0v) is 23.1. The lowest BCUT2D eigenvalue weighted by molar-refractivity contribution is 0.102. The van der Waals surface area contributed by atoms with Crippen LogP contribution in [0.25, 0.3) is 10.8 Å². The molecule has 0 bridgehead atoms. The van der Waals surface area contributed by atoms with Crippen LogP contribution in [0.4, 0.5) is 17.1 Å². The van der Waals surface area contributed by atoms with E-state index in [1.807, 2.05) is 6.92 Å². The zero-order chi connectivity index (χ0) is 28.3. The number of azo groups is 1.